The van der Waals surface area contributed by atoms with E-state index in [2.05, 4.69) is 0 Å². The number of methoxy groups -OCH3 is 1. The molecule has 1 N–H and O–H groups in total. The van der Waals surface area contributed by atoms with Crippen molar-refractivity contribution in [1.29, 1.82) is 0 Å². The first-order chi connectivity index (χ1) is 19.5. The van der Waals surface area contributed by atoms with Crippen LogP contribution in [-0.2, 0) is 19.2 Å². The first-order valence-corrected chi connectivity index (χ1v) is 14.2. The number of carbonyl (C=O) groups is 4. The van der Waals surface area contributed by atoms with E-state index in [0.717, 1.165) is 16.5 Å². The Morgan fingerprint density at radius 3 is 2.51 bits per heavy atom. The van der Waals surface area contributed by atoms with Gasteiger partial charge in [-0.15, -0.1) is 0 Å². The second-order valence-corrected chi connectivity index (χ2v) is 11.9. The molecule has 3 fully saturated rings. The summed E-state index contributed by atoms with van der Waals surface area (Å²) in [5.41, 5.74) is 0.366. The molecule has 0 unspecified atom stereocenters. The molecule has 6 rings (SSSR count). The highest BCUT2D eigenvalue weighted by molar-refractivity contribution is 6.31. The minimum atomic E-state index is -1.27. The highest BCUT2D eigenvalue weighted by Crippen LogP contribution is 2.64. The predicted octanol–water partition coefficient (Wildman–Crippen LogP) is 4.83. The van der Waals surface area contributed by atoms with E-state index < -0.39 is 52.6 Å². The van der Waals surface area contributed by atoms with Gasteiger partial charge in [-0.05, 0) is 68.0 Å². The molecule has 2 saturated heterocycles. The van der Waals surface area contributed by atoms with Crippen LogP contribution < -0.4 is 9.64 Å². The number of benzene rings is 2. The number of nitrogens with zero attached hydrogens (tertiary/aromatic N) is 2. The Hall–Kier alpha value is -3.72. The van der Waals surface area contributed by atoms with Crippen LogP contribution in [0.1, 0.15) is 44.6 Å². The Bertz CT molecular complexity index is 1540. The van der Waals surface area contributed by atoms with Crippen molar-refractivity contribution in [3.05, 3.63) is 64.5 Å². The molecule has 4 amide bonds. The van der Waals surface area contributed by atoms with Gasteiger partial charge in [-0.2, -0.15) is 0 Å². The number of phenolic OH excluding ortho intramolecular Hbond substituents is 1. The predicted molar refractivity (Wildman–Crippen MR) is 148 cm³/mol. The topological polar surface area (TPSA) is 104 Å². The standard InChI is InChI=1S/C31H30ClFN2O6/c1-4-11-34-27(37)18-8-7-17-19(25(18)29(34)39)14-20-28(38)35(16-6-9-22(33)21(32)13-16)30(40)31(20,2)26(17)15-5-10-23(36)24(12-15)41-3/h5-7,9-10,12-13,18-20,25-26,36H,4,8,11,14H2,1-3H3/t18-,19+,20-,25-,26-,31+/m0/s1. The molecule has 0 radical (unpaired) electrons. The van der Waals surface area contributed by atoms with Gasteiger partial charge >= 0.3 is 0 Å². The maximum absolute atomic E-state index is 14.4. The average Bonchev–Trinajstić information content (AvgIpc) is 3.31. The summed E-state index contributed by atoms with van der Waals surface area (Å²) in [4.78, 5) is 57.8. The van der Waals surface area contributed by atoms with E-state index in [1.165, 1.54) is 30.2 Å². The van der Waals surface area contributed by atoms with Gasteiger partial charge in [0.15, 0.2) is 11.5 Å². The number of fused-ring (bicyclic) bond motifs is 4. The van der Waals surface area contributed by atoms with Gasteiger partial charge in [0, 0.05) is 12.5 Å². The fourth-order valence-corrected chi connectivity index (χ4v) is 7.82. The maximum atomic E-state index is 14.4. The summed E-state index contributed by atoms with van der Waals surface area (Å²) in [6.45, 7) is 4.00. The third-order valence-corrected chi connectivity index (χ3v) is 9.80. The number of aromatic hydroxyl groups is 1. The first kappa shape index (κ1) is 27.4. The summed E-state index contributed by atoms with van der Waals surface area (Å²) >= 11 is 6.03. The zero-order valence-corrected chi connectivity index (χ0v) is 23.7. The van der Waals surface area contributed by atoms with E-state index in [4.69, 9.17) is 16.3 Å². The highest BCUT2D eigenvalue weighted by atomic mass is 35.5. The fourth-order valence-electron chi connectivity index (χ4n) is 7.65. The van der Waals surface area contributed by atoms with E-state index >= 15 is 0 Å². The molecule has 2 aliphatic heterocycles. The van der Waals surface area contributed by atoms with E-state index in [0.29, 0.717) is 24.9 Å². The van der Waals surface area contributed by atoms with Crippen LogP contribution in [0.2, 0.25) is 5.02 Å². The van der Waals surface area contributed by atoms with Crippen LogP contribution in [0.25, 0.3) is 0 Å². The van der Waals surface area contributed by atoms with E-state index in [1.807, 2.05) is 13.0 Å². The Labute approximate surface area is 241 Å². The van der Waals surface area contributed by atoms with Crippen LogP contribution in [-0.4, -0.2) is 47.3 Å². The number of ether oxygens (including phenoxy) is 1. The molecule has 2 aromatic rings. The SMILES string of the molecule is CCCN1C(=O)[C@H]2[C@H](CC=C3[C@H]2C[C@H]2C(=O)N(c4ccc(F)c(Cl)c4)C(=O)[C@@]2(C)[C@H]3c2ccc(O)c(OC)c2)C1=O. The Kier molecular flexibility index (Phi) is 6.48. The van der Waals surface area contributed by atoms with E-state index in [-0.39, 0.29) is 40.4 Å². The van der Waals surface area contributed by atoms with Crippen molar-refractivity contribution in [2.24, 2.45) is 29.1 Å². The molecule has 0 spiro atoms. The Balaban J connectivity index is 1.52. The molecular formula is C31H30ClFN2O6. The van der Waals surface area contributed by atoms with E-state index in [9.17, 15) is 28.7 Å². The summed E-state index contributed by atoms with van der Waals surface area (Å²) in [6.07, 6.45) is 3.17. The van der Waals surface area contributed by atoms with Crippen LogP contribution >= 0.6 is 11.6 Å². The minimum Gasteiger partial charge on any atom is -0.504 e. The van der Waals surface area contributed by atoms with Gasteiger partial charge in [-0.1, -0.05) is 36.2 Å². The average molecular weight is 581 g/mol. The van der Waals surface area contributed by atoms with Crippen molar-refractivity contribution >= 4 is 40.9 Å². The van der Waals surface area contributed by atoms with Crippen LogP contribution in [0.5, 0.6) is 11.5 Å². The monoisotopic (exact) mass is 580 g/mol. The summed E-state index contributed by atoms with van der Waals surface area (Å²) in [5.74, 6) is -4.95. The number of amides is 4. The molecule has 1 saturated carbocycles. The van der Waals surface area contributed by atoms with Gasteiger partial charge in [0.1, 0.15) is 5.82 Å². The number of allylic oxidation sites excluding steroid dienone is 2. The highest BCUT2D eigenvalue weighted by Gasteiger charge is 2.67. The second-order valence-electron chi connectivity index (χ2n) is 11.5. The number of carbonyl (C=O) groups excluding carboxylic acids is 4. The summed E-state index contributed by atoms with van der Waals surface area (Å²) < 4.78 is 19.4. The molecule has 8 nitrogen and oxygen atoms in total. The number of hydrogen-bond donors (Lipinski definition) is 1. The van der Waals surface area contributed by atoms with Gasteiger partial charge in [-0.25, -0.2) is 9.29 Å². The number of anilines is 1. The van der Waals surface area contributed by atoms with E-state index in [1.54, 1.807) is 19.1 Å². The van der Waals surface area contributed by atoms with Crippen LogP contribution in [0.15, 0.2) is 48.0 Å². The largest absolute Gasteiger partial charge is 0.504 e. The number of halogens is 2. The van der Waals surface area contributed by atoms with Crippen molar-refractivity contribution in [3.63, 3.8) is 0 Å². The number of hydrogen-bond acceptors (Lipinski definition) is 6. The van der Waals surface area contributed by atoms with Crippen molar-refractivity contribution in [1.82, 2.24) is 4.90 Å². The first-order valence-electron chi connectivity index (χ1n) is 13.8. The van der Waals surface area contributed by atoms with Gasteiger partial charge in [0.2, 0.25) is 23.6 Å². The van der Waals surface area contributed by atoms with Crippen molar-refractivity contribution in [2.45, 2.75) is 39.0 Å². The Morgan fingerprint density at radius 2 is 1.83 bits per heavy atom. The number of likely N-dealkylation sites (tertiary alicyclic amines) is 1. The van der Waals surface area contributed by atoms with Gasteiger partial charge in [-0.3, -0.25) is 24.1 Å². The van der Waals surface area contributed by atoms with Gasteiger partial charge < -0.3 is 9.84 Å². The summed E-state index contributed by atoms with van der Waals surface area (Å²) in [5, 5.41) is 10.1. The van der Waals surface area contributed by atoms with Crippen molar-refractivity contribution < 1.29 is 33.4 Å². The second kappa shape index (κ2) is 9.69. The van der Waals surface area contributed by atoms with Gasteiger partial charge in [0.05, 0.1) is 41.0 Å². The quantitative estimate of drug-likeness (QED) is 0.401. The summed E-state index contributed by atoms with van der Waals surface area (Å²) in [7, 11) is 1.42. The Morgan fingerprint density at radius 1 is 1.07 bits per heavy atom. The van der Waals surface area contributed by atoms with Crippen molar-refractivity contribution in [2.75, 3.05) is 18.6 Å². The molecule has 0 aromatic heterocycles. The lowest BCUT2D eigenvalue weighted by Gasteiger charge is -2.49. The third-order valence-electron chi connectivity index (χ3n) is 9.51. The molecule has 4 aliphatic rings. The normalized spacial score (nSPS) is 30.8. The lowest BCUT2D eigenvalue weighted by molar-refractivity contribution is -0.140. The lowest BCUT2D eigenvalue weighted by atomic mass is 9.51. The zero-order valence-electron chi connectivity index (χ0n) is 22.9. The molecular weight excluding hydrogens is 551 g/mol. The molecule has 10 heteroatoms. The lowest BCUT2D eigenvalue weighted by Crippen LogP contribution is -2.48. The number of phenols is 1. The molecule has 6 atom stereocenters. The summed E-state index contributed by atoms with van der Waals surface area (Å²) in [6, 6.07) is 8.55. The third kappa shape index (κ3) is 3.77. The number of imide groups is 2. The number of rotatable bonds is 5. The molecule has 2 aromatic carbocycles. The van der Waals surface area contributed by atoms with Gasteiger partial charge in [0.25, 0.3) is 0 Å². The molecule has 2 heterocycles. The fraction of sp³-hybridized carbons (Fsp3) is 0.419. The smallest absolute Gasteiger partial charge is 0.241 e. The molecule has 2 aliphatic carbocycles. The van der Waals surface area contributed by atoms with Crippen molar-refractivity contribution in [3.8, 4) is 11.5 Å². The maximum Gasteiger partial charge on any atom is 0.241 e. The van der Waals surface area contributed by atoms with Crippen LogP contribution in [0, 0.1) is 34.9 Å². The zero-order chi connectivity index (χ0) is 29.4. The molecule has 214 valence electrons. The minimum absolute atomic E-state index is 0.0776. The van der Waals surface area contributed by atoms with Crippen LogP contribution in [0.3, 0.4) is 0 Å². The van der Waals surface area contributed by atoms with Crippen LogP contribution in [0.4, 0.5) is 10.1 Å². The molecule has 41 heavy (non-hydrogen) atoms. The molecule has 0 bridgehead atoms.